The molecule has 3 nitrogen and oxygen atoms in total. The second-order valence-electron chi connectivity index (χ2n) is 4.24. The molecule has 1 saturated carbocycles. The molecule has 0 radical (unpaired) electrons. The first kappa shape index (κ1) is 10.6. The Morgan fingerprint density at radius 2 is 2.20 bits per heavy atom. The highest BCUT2D eigenvalue weighted by Crippen LogP contribution is 2.40. The quantitative estimate of drug-likeness (QED) is 0.809. The summed E-state index contributed by atoms with van der Waals surface area (Å²) in [6.45, 7) is 0. The van der Waals surface area contributed by atoms with Crippen LogP contribution in [-0.2, 0) is 10.2 Å². The zero-order chi connectivity index (χ0) is 10.9. The Balaban J connectivity index is 2.30. The van der Waals surface area contributed by atoms with E-state index in [9.17, 15) is 9.90 Å². The van der Waals surface area contributed by atoms with Crippen molar-refractivity contribution in [1.82, 2.24) is 0 Å². The van der Waals surface area contributed by atoms with Crippen molar-refractivity contribution in [2.45, 2.75) is 37.1 Å². The standard InChI is InChI=1S/C11H15NO2S/c12-9-1-4-11(5-2-9,10(13)14)8-3-6-15-7-8/h3,6-7,9H,1-2,4-5,12H2,(H,13,14). The Kier molecular flexibility index (Phi) is 2.80. The van der Waals surface area contributed by atoms with Crippen molar-refractivity contribution in [3.8, 4) is 0 Å². The lowest BCUT2D eigenvalue weighted by Gasteiger charge is -2.35. The number of thiophene rings is 1. The highest BCUT2D eigenvalue weighted by Gasteiger charge is 2.42. The third kappa shape index (κ3) is 1.79. The van der Waals surface area contributed by atoms with Crippen LogP contribution in [0, 0.1) is 0 Å². The maximum Gasteiger partial charge on any atom is 0.314 e. The summed E-state index contributed by atoms with van der Waals surface area (Å²) in [5.74, 6) is -0.701. The monoisotopic (exact) mass is 225 g/mol. The van der Waals surface area contributed by atoms with Gasteiger partial charge in [0.15, 0.2) is 0 Å². The van der Waals surface area contributed by atoms with Gasteiger partial charge in [-0.15, -0.1) is 0 Å². The Labute approximate surface area is 92.9 Å². The van der Waals surface area contributed by atoms with Crippen LogP contribution in [0.3, 0.4) is 0 Å². The van der Waals surface area contributed by atoms with Gasteiger partial charge in [-0.05, 0) is 48.1 Å². The minimum absolute atomic E-state index is 0.177. The minimum atomic E-state index is -0.701. The molecule has 1 heterocycles. The van der Waals surface area contributed by atoms with Gasteiger partial charge in [-0.2, -0.15) is 11.3 Å². The third-order valence-electron chi connectivity index (χ3n) is 3.37. The molecule has 0 spiro atoms. The van der Waals surface area contributed by atoms with Crippen molar-refractivity contribution in [2.24, 2.45) is 5.73 Å². The average molecular weight is 225 g/mol. The van der Waals surface area contributed by atoms with E-state index in [-0.39, 0.29) is 6.04 Å². The van der Waals surface area contributed by atoms with Gasteiger partial charge in [0.25, 0.3) is 0 Å². The molecular weight excluding hydrogens is 210 g/mol. The molecule has 15 heavy (non-hydrogen) atoms. The summed E-state index contributed by atoms with van der Waals surface area (Å²) in [5.41, 5.74) is 6.10. The molecule has 0 unspecified atom stereocenters. The fraction of sp³-hybridized carbons (Fsp3) is 0.545. The maximum absolute atomic E-state index is 11.4. The molecule has 1 aromatic heterocycles. The summed E-state index contributed by atoms with van der Waals surface area (Å²) in [7, 11) is 0. The van der Waals surface area contributed by atoms with Gasteiger partial charge >= 0.3 is 5.97 Å². The smallest absolute Gasteiger partial charge is 0.314 e. The number of aliphatic carboxylic acids is 1. The Morgan fingerprint density at radius 3 is 2.67 bits per heavy atom. The van der Waals surface area contributed by atoms with E-state index in [1.165, 1.54) is 0 Å². The molecule has 1 fully saturated rings. The highest BCUT2D eigenvalue weighted by molar-refractivity contribution is 7.08. The molecule has 3 N–H and O–H groups in total. The number of hydrogen-bond acceptors (Lipinski definition) is 3. The SMILES string of the molecule is NC1CCC(C(=O)O)(c2ccsc2)CC1. The Hall–Kier alpha value is -0.870. The largest absolute Gasteiger partial charge is 0.481 e. The topological polar surface area (TPSA) is 63.3 Å². The molecule has 1 aromatic rings. The molecule has 1 aliphatic rings. The molecule has 0 saturated heterocycles. The molecule has 0 aliphatic heterocycles. The van der Waals surface area contributed by atoms with Crippen molar-refractivity contribution in [3.63, 3.8) is 0 Å². The zero-order valence-corrected chi connectivity index (χ0v) is 9.30. The zero-order valence-electron chi connectivity index (χ0n) is 8.48. The molecule has 0 bridgehead atoms. The first-order chi connectivity index (χ1) is 7.15. The van der Waals surface area contributed by atoms with Crippen LogP contribution in [0.15, 0.2) is 16.8 Å². The van der Waals surface area contributed by atoms with E-state index >= 15 is 0 Å². The number of hydrogen-bond donors (Lipinski definition) is 2. The van der Waals surface area contributed by atoms with Gasteiger partial charge in [0.1, 0.15) is 0 Å². The molecular formula is C11H15NO2S. The van der Waals surface area contributed by atoms with Gasteiger partial charge < -0.3 is 10.8 Å². The summed E-state index contributed by atoms with van der Waals surface area (Å²) < 4.78 is 0. The minimum Gasteiger partial charge on any atom is -0.481 e. The van der Waals surface area contributed by atoms with Crippen molar-refractivity contribution >= 4 is 17.3 Å². The van der Waals surface area contributed by atoms with Crippen LogP contribution < -0.4 is 5.73 Å². The number of nitrogens with two attached hydrogens (primary N) is 1. The van der Waals surface area contributed by atoms with Crippen LogP contribution in [0.25, 0.3) is 0 Å². The fourth-order valence-electron chi connectivity index (χ4n) is 2.30. The number of rotatable bonds is 2. The van der Waals surface area contributed by atoms with E-state index in [1.807, 2.05) is 16.8 Å². The maximum atomic E-state index is 11.4. The second kappa shape index (κ2) is 3.94. The lowest BCUT2D eigenvalue weighted by atomic mass is 9.69. The molecule has 2 rings (SSSR count). The summed E-state index contributed by atoms with van der Waals surface area (Å²) in [4.78, 5) is 11.4. The summed E-state index contributed by atoms with van der Waals surface area (Å²) >= 11 is 1.56. The van der Waals surface area contributed by atoms with E-state index in [0.29, 0.717) is 12.8 Å². The fourth-order valence-corrected chi connectivity index (χ4v) is 3.05. The summed E-state index contributed by atoms with van der Waals surface area (Å²) in [6.07, 6.45) is 2.95. The lowest BCUT2D eigenvalue weighted by Crippen LogP contribution is -2.42. The van der Waals surface area contributed by atoms with Gasteiger partial charge in [0, 0.05) is 6.04 Å². The predicted molar refractivity (Wildman–Crippen MR) is 60.1 cm³/mol. The van der Waals surface area contributed by atoms with Gasteiger partial charge in [-0.3, -0.25) is 4.79 Å². The van der Waals surface area contributed by atoms with Crippen molar-refractivity contribution in [3.05, 3.63) is 22.4 Å². The summed E-state index contributed by atoms with van der Waals surface area (Å²) in [6, 6.07) is 2.10. The van der Waals surface area contributed by atoms with E-state index in [1.54, 1.807) is 11.3 Å². The number of carbonyl (C=O) groups is 1. The first-order valence-electron chi connectivity index (χ1n) is 5.17. The average Bonchev–Trinajstić information content (AvgIpc) is 2.72. The molecule has 0 aromatic carbocycles. The van der Waals surface area contributed by atoms with E-state index < -0.39 is 11.4 Å². The number of carboxylic acid groups (broad SMARTS) is 1. The van der Waals surface area contributed by atoms with Crippen LogP contribution in [0.1, 0.15) is 31.2 Å². The van der Waals surface area contributed by atoms with Gasteiger partial charge in [-0.1, -0.05) is 0 Å². The third-order valence-corrected chi connectivity index (χ3v) is 4.05. The highest BCUT2D eigenvalue weighted by atomic mass is 32.1. The molecule has 1 aliphatic carbocycles. The van der Waals surface area contributed by atoms with E-state index in [0.717, 1.165) is 18.4 Å². The van der Waals surface area contributed by atoms with Crippen LogP contribution in [-0.4, -0.2) is 17.1 Å². The van der Waals surface area contributed by atoms with E-state index in [2.05, 4.69) is 0 Å². The normalized spacial score (nSPS) is 31.4. The molecule has 4 heteroatoms. The lowest BCUT2D eigenvalue weighted by molar-refractivity contribution is -0.145. The van der Waals surface area contributed by atoms with Crippen LogP contribution >= 0.6 is 11.3 Å². The molecule has 0 atom stereocenters. The van der Waals surface area contributed by atoms with Crippen molar-refractivity contribution in [1.29, 1.82) is 0 Å². The van der Waals surface area contributed by atoms with Crippen molar-refractivity contribution < 1.29 is 9.90 Å². The first-order valence-corrected chi connectivity index (χ1v) is 6.11. The Morgan fingerprint density at radius 1 is 1.53 bits per heavy atom. The van der Waals surface area contributed by atoms with Crippen molar-refractivity contribution in [2.75, 3.05) is 0 Å². The Bertz CT molecular complexity index is 339. The summed E-state index contributed by atoms with van der Waals surface area (Å²) in [5, 5.41) is 13.3. The van der Waals surface area contributed by atoms with Crippen LogP contribution in [0.4, 0.5) is 0 Å². The van der Waals surface area contributed by atoms with Gasteiger partial charge in [-0.25, -0.2) is 0 Å². The number of carboxylic acids is 1. The van der Waals surface area contributed by atoms with Gasteiger partial charge in [0.2, 0.25) is 0 Å². The predicted octanol–water partition coefficient (Wildman–Crippen LogP) is 1.97. The van der Waals surface area contributed by atoms with Gasteiger partial charge in [0.05, 0.1) is 5.41 Å². The molecule has 82 valence electrons. The van der Waals surface area contributed by atoms with Crippen LogP contribution in [0.5, 0.6) is 0 Å². The van der Waals surface area contributed by atoms with E-state index in [4.69, 9.17) is 5.73 Å². The second-order valence-corrected chi connectivity index (χ2v) is 5.02. The molecule has 0 amide bonds. The van der Waals surface area contributed by atoms with Crippen LogP contribution in [0.2, 0.25) is 0 Å².